The second-order valence-corrected chi connectivity index (χ2v) is 11.2. The molecule has 1 saturated heterocycles. The van der Waals surface area contributed by atoms with Crippen LogP contribution in [0.15, 0.2) is 52.2 Å². The molecule has 0 radical (unpaired) electrons. The van der Waals surface area contributed by atoms with Crippen molar-refractivity contribution in [1.29, 1.82) is 0 Å². The van der Waals surface area contributed by atoms with Gasteiger partial charge in [0.15, 0.2) is 0 Å². The summed E-state index contributed by atoms with van der Waals surface area (Å²) in [6.07, 6.45) is 0.896. The zero-order chi connectivity index (χ0) is 21.7. The molecule has 2 atom stereocenters. The van der Waals surface area contributed by atoms with E-state index in [1.54, 1.807) is 28.8 Å². The Bertz CT molecular complexity index is 1130. The molecule has 3 heterocycles. The van der Waals surface area contributed by atoms with Crippen molar-refractivity contribution < 1.29 is 13.2 Å². The highest BCUT2D eigenvalue weighted by atomic mass is 32.2. The average Bonchev–Trinajstić information content (AvgIpc) is 2.68. The first kappa shape index (κ1) is 20.8. The van der Waals surface area contributed by atoms with Gasteiger partial charge in [0.05, 0.1) is 4.90 Å². The third-order valence-corrected chi connectivity index (χ3v) is 7.72. The molecule has 2 aliphatic rings. The first-order chi connectivity index (χ1) is 14.1. The minimum Gasteiger partial charge on any atom is -0.326 e. The van der Waals surface area contributed by atoms with E-state index in [1.165, 1.54) is 16.4 Å². The normalized spacial score (nSPS) is 21.7. The van der Waals surface area contributed by atoms with Gasteiger partial charge in [-0.05, 0) is 42.7 Å². The molecule has 1 N–H and O–H groups in total. The summed E-state index contributed by atoms with van der Waals surface area (Å²) in [6.45, 7) is 6.78. The number of nitrogens with one attached hydrogen (secondary N) is 1. The van der Waals surface area contributed by atoms with Crippen LogP contribution in [0.25, 0.3) is 0 Å². The van der Waals surface area contributed by atoms with E-state index in [0.717, 1.165) is 12.1 Å². The van der Waals surface area contributed by atoms with Crippen LogP contribution in [-0.2, 0) is 21.4 Å². The molecular formula is C22H27N3O4S. The van der Waals surface area contributed by atoms with Gasteiger partial charge in [0.1, 0.15) is 0 Å². The SMILES string of the molecule is CC(C)(C)C(=O)Nc1ccc(S(=O)(=O)N2CC3CC(C2)c2cccc(=O)n2C3)cc1. The summed E-state index contributed by atoms with van der Waals surface area (Å²) < 4.78 is 29.8. The van der Waals surface area contributed by atoms with Crippen molar-refractivity contribution in [2.45, 2.75) is 44.6 Å². The van der Waals surface area contributed by atoms with Crippen molar-refractivity contribution in [3.05, 3.63) is 58.5 Å². The maximum Gasteiger partial charge on any atom is 0.250 e. The number of benzene rings is 1. The number of hydrogen-bond donors (Lipinski definition) is 1. The molecule has 2 aromatic rings. The lowest BCUT2D eigenvalue weighted by Crippen LogP contribution is -2.48. The Hall–Kier alpha value is -2.45. The molecule has 1 aromatic heterocycles. The fraction of sp³-hybridized carbons (Fsp3) is 0.455. The molecule has 2 unspecified atom stereocenters. The maximum absolute atomic E-state index is 13.3. The third kappa shape index (κ3) is 3.81. The lowest BCUT2D eigenvalue weighted by Gasteiger charge is -2.42. The van der Waals surface area contributed by atoms with Gasteiger partial charge in [-0.1, -0.05) is 26.8 Å². The number of hydrogen-bond acceptors (Lipinski definition) is 4. The number of amides is 1. The predicted octanol–water partition coefficient (Wildman–Crippen LogP) is 2.64. The van der Waals surface area contributed by atoms with E-state index in [1.807, 2.05) is 26.8 Å². The molecule has 160 valence electrons. The lowest BCUT2D eigenvalue weighted by atomic mass is 9.84. The van der Waals surface area contributed by atoms with E-state index in [-0.39, 0.29) is 28.2 Å². The molecule has 7 nitrogen and oxygen atoms in total. The highest BCUT2D eigenvalue weighted by Crippen LogP contribution is 2.37. The van der Waals surface area contributed by atoms with E-state index in [9.17, 15) is 18.0 Å². The Morgan fingerprint density at radius 1 is 1.03 bits per heavy atom. The van der Waals surface area contributed by atoms with Crippen LogP contribution in [0.2, 0.25) is 0 Å². The average molecular weight is 430 g/mol. The fourth-order valence-corrected chi connectivity index (χ4v) is 5.79. The Morgan fingerprint density at radius 3 is 2.40 bits per heavy atom. The predicted molar refractivity (Wildman–Crippen MR) is 115 cm³/mol. The molecule has 2 aliphatic heterocycles. The number of sulfonamides is 1. The summed E-state index contributed by atoms with van der Waals surface area (Å²) in [7, 11) is -3.66. The molecule has 2 bridgehead atoms. The van der Waals surface area contributed by atoms with E-state index < -0.39 is 15.4 Å². The van der Waals surface area contributed by atoms with Crippen molar-refractivity contribution in [2.24, 2.45) is 11.3 Å². The van der Waals surface area contributed by atoms with Gasteiger partial charge in [0, 0.05) is 48.4 Å². The van der Waals surface area contributed by atoms with Crippen LogP contribution in [0.3, 0.4) is 0 Å². The summed E-state index contributed by atoms with van der Waals surface area (Å²) in [5, 5.41) is 2.81. The first-order valence-electron chi connectivity index (χ1n) is 10.2. The van der Waals surface area contributed by atoms with Crippen molar-refractivity contribution in [1.82, 2.24) is 8.87 Å². The topological polar surface area (TPSA) is 88.5 Å². The van der Waals surface area contributed by atoms with Gasteiger partial charge in [-0.25, -0.2) is 8.42 Å². The molecule has 1 amide bonds. The number of aromatic nitrogens is 1. The zero-order valence-electron chi connectivity index (χ0n) is 17.5. The van der Waals surface area contributed by atoms with E-state index in [2.05, 4.69) is 5.32 Å². The quantitative estimate of drug-likeness (QED) is 0.812. The second-order valence-electron chi connectivity index (χ2n) is 9.25. The monoisotopic (exact) mass is 429 g/mol. The largest absolute Gasteiger partial charge is 0.326 e. The van der Waals surface area contributed by atoms with Gasteiger partial charge >= 0.3 is 0 Å². The number of fused-ring (bicyclic) bond motifs is 4. The van der Waals surface area contributed by atoms with Crippen molar-refractivity contribution in [2.75, 3.05) is 18.4 Å². The number of rotatable bonds is 3. The van der Waals surface area contributed by atoms with Gasteiger partial charge in [0.2, 0.25) is 15.9 Å². The molecule has 4 rings (SSSR count). The maximum atomic E-state index is 13.3. The Kier molecular flexibility index (Phi) is 5.10. The van der Waals surface area contributed by atoms with Crippen molar-refractivity contribution >= 4 is 21.6 Å². The summed E-state index contributed by atoms with van der Waals surface area (Å²) in [6, 6.07) is 11.5. The summed E-state index contributed by atoms with van der Waals surface area (Å²) in [4.78, 5) is 24.5. The van der Waals surface area contributed by atoms with Crippen LogP contribution in [-0.4, -0.2) is 36.3 Å². The number of carbonyl (C=O) groups is 1. The van der Waals surface area contributed by atoms with E-state index >= 15 is 0 Å². The van der Waals surface area contributed by atoms with Crippen LogP contribution in [0.1, 0.15) is 38.8 Å². The molecule has 0 spiro atoms. The number of pyridine rings is 1. The van der Waals surface area contributed by atoms with Crippen LogP contribution in [0, 0.1) is 11.3 Å². The Morgan fingerprint density at radius 2 is 1.73 bits per heavy atom. The Balaban J connectivity index is 1.55. The van der Waals surface area contributed by atoms with Crippen LogP contribution < -0.4 is 10.9 Å². The second kappa shape index (κ2) is 7.35. The van der Waals surface area contributed by atoms with Crippen LogP contribution in [0.5, 0.6) is 0 Å². The molecule has 0 aliphatic carbocycles. The minimum absolute atomic E-state index is 0.0199. The summed E-state index contributed by atoms with van der Waals surface area (Å²) in [5.41, 5.74) is 0.928. The van der Waals surface area contributed by atoms with E-state index in [4.69, 9.17) is 0 Å². The van der Waals surface area contributed by atoms with E-state index in [0.29, 0.717) is 25.3 Å². The number of anilines is 1. The molecule has 0 saturated carbocycles. The highest BCUT2D eigenvalue weighted by molar-refractivity contribution is 7.89. The zero-order valence-corrected chi connectivity index (χ0v) is 18.3. The Labute approximate surface area is 176 Å². The fourth-order valence-electron chi connectivity index (χ4n) is 4.23. The summed E-state index contributed by atoms with van der Waals surface area (Å²) in [5.74, 6) is 0.0128. The molecule has 1 aromatic carbocycles. The third-order valence-electron chi connectivity index (χ3n) is 5.88. The highest BCUT2D eigenvalue weighted by Gasteiger charge is 2.39. The van der Waals surface area contributed by atoms with Crippen LogP contribution >= 0.6 is 0 Å². The van der Waals surface area contributed by atoms with Gasteiger partial charge in [-0.15, -0.1) is 0 Å². The molecular weight excluding hydrogens is 402 g/mol. The van der Waals surface area contributed by atoms with Gasteiger partial charge < -0.3 is 9.88 Å². The smallest absolute Gasteiger partial charge is 0.250 e. The van der Waals surface area contributed by atoms with Crippen molar-refractivity contribution in [3.8, 4) is 0 Å². The number of carbonyl (C=O) groups excluding carboxylic acids is 1. The van der Waals surface area contributed by atoms with Crippen molar-refractivity contribution in [3.63, 3.8) is 0 Å². The van der Waals surface area contributed by atoms with Gasteiger partial charge in [-0.3, -0.25) is 9.59 Å². The molecule has 8 heteroatoms. The minimum atomic E-state index is -3.66. The standard InChI is InChI=1S/C22H27N3O4S/c1-22(2,3)21(27)23-17-7-9-18(10-8-17)30(28,29)24-12-15-11-16(14-24)19-5-4-6-20(26)25(19)13-15/h4-10,15-16H,11-14H2,1-3H3,(H,23,27). The van der Waals surface area contributed by atoms with Gasteiger partial charge in [-0.2, -0.15) is 4.31 Å². The lowest BCUT2D eigenvalue weighted by molar-refractivity contribution is -0.123. The number of nitrogens with zero attached hydrogens (tertiary/aromatic N) is 2. The molecule has 30 heavy (non-hydrogen) atoms. The summed E-state index contributed by atoms with van der Waals surface area (Å²) >= 11 is 0. The first-order valence-corrected chi connectivity index (χ1v) is 11.6. The molecule has 1 fully saturated rings. The van der Waals surface area contributed by atoms with Gasteiger partial charge in [0.25, 0.3) is 5.56 Å². The van der Waals surface area contributed by atoms with Crippen LogP contribution in [0.4, 0.5) is 5.69 Å². The number of piperidine rings is 1.